The van der Waals surface area contributed by atoms with Crippen molar-refractivity contribution in [3.8, 4) is 5.75 Å². The van der Waals surface area contributed by atoms with Crippen molar-refractivity contribution >= 4 is 17.6 Å². The molecule has 0 aliphatic carbocycles. The van der Waals surface area contributed by atoms with E-state index >= 15 is 0 Å². The molecule has 1 saturated heterocycles. The number of amides is 1. The zero-order chi connectivity index (χ0) is 16.4. The standard InChI is InChI=1S/C18H17NO4/c1-23-14-9-7-13(8-10-14)19-16(20)11-15(18(21)22)17(19)12-5-3-2-4-6-12/h2-10,15,17H,11H2,1H3,(H,21,22)/t15-,17-/m1/s1. The number of carbonyl (C=O) groups is 2. The first-order valence-electron chi connectivity index (χ1n) is 7.35. The zero-order valence-electron chi connectivity index (χ0n) is 12.7. The van der Waals surface area contributed by atoms with Gasteiger partial charge < -0.3 is 14.7 Å². The van der Waals surface area contributed by atoms with Crippen LogP contribution in [0.3, 0.4) is 0 Å². The van der Waals surface area contributed by atoms with Gasteiger partial charge in [0.15, 0.2) is 0 Å². The predicted octanol–water partition coefficient (Wildman–Crippen LogP) is 2.87. The van der Waals surface area contributed by atoms with Gasteiger partial charge in [0.05, 0.1) is 19.1 Å². The Bertz CT molecular complexity index is 712. The Kier molecular flexibility index (Phi) is 4.02. The third-order valence-corrected chi connectivity index (χ3v) is 4.13. The van der Waals surface area contributed by atoms with Crippen LogP contribution in [0.2, 0.25) is 0 Å². The second-order valence-corrected chi connectivity index (χ2v) is 5.47. The van der Waals surface area contributed by atoms with Crippen molar-refractivity contribution in [1.29, 1.82) is 0 Å². The highest BCUT2D eigenvalue weighted by Crippen LogP contribution is 2.41. The fraction of sp³-hybridized carbons (Fsp3) is 0.222. The largest absolute Gasteiger partial charge is 0.497 e. The summed E-state index contributed by atoms with van der Waals surface area (Å²) in [5.74, 6) is -1.21. The molecule has 5 nitrogen and oxygen atoms in total. The Morgan fingerprint density at radius 2 is 1.78 bits per heavy atom. The third-order valence-electron chi connectivity index (χ3n) is 4.13. The number of benzene rings is 2. The number of carboxylic acid groups (broad SMARTS) is 1. The Balaban J connectivity index is 2.04. The third kappa shape index (κ3) is 2.77. The van der Waals surface area contributed by atoms with E-state index in [4.69, 9.17) is 4.74 Å². The SMILES string of the molecule is COc1ccc(N2C(=O)C[C@@H](C(=O)O)[C@H]2c2ccccc2)cc1. The van der Waals surface area contributed by atoms with Gasteiger partial charge in [-0.3, -0.25) is 9.59 Å². The number of aliphatic carboxylic acids is 1. The van der Waals surface area contributed by atoms with E-state index in [9.17, 15) is 14.7 Å². The average Bonchev–Trinajstić information content (AvgIpc) is 2.93. The minimum atomic E-state index is -0.955. The fourth-order valence-electron chi connectivity index (χ4n) is 3.03. The van der Waals surface area contributed by atoms with Crippen molar-refractivity contribution in [1.82, 2.24) is 0 Å². The molecular weight excluding hydrogens is 294 g/mol. The van der Waals surface area contributed by atoms with E-state index in [-0.39, 0.29) is 12.3 Å². The van der Waals surface area contributed by atoms with Crippen LogP contribution in [0.1, 0.15) is 18.0 Å². The van der Waals surface area contributed by atoms with Gasteiger partial charge in [-0.25, -0.2) is 0 Å². The highest BCUT2D eigenvalue weighted by Gasteiger charge is 2.45. The lowest BCUT2D eigenvalue weighted by atomic mass is 9.93. The molecular formula is C18H17NO4. The summed E-state index contributed by atoms with van der Waals surface area (Å²) in [5.41, 5.74) is 1.50. The number of carboxylic acids is 1. The fourth-order valence-corrected chi connectivity index (χ4v) is 3.03. The van der Waals surface area contributed by atoms with E-state index in [1.165, 1.54) is 0 Å². The number of anilines is 1. The van der Waals surface area contributed by atoms with Crippen LogP contribution in [-0.2, 0) is 9.59 Å². The zero-order valence-corrected chi connectivity index (χ0v) is 12.7. The van der Waals surface area contributed by atoms with Gasteiger partial charge in [0.25, 0.3) is 0 Å². The van der Waals surface area contributed by atoms with Gasteiger partial charge >= 0.3 is 5.97 Å². The predicted molar refractivity (Wildman–Crippen MR) is 85.4 cm³/mol. The lowest BCUT2D eigenvalue weighted by Gasteiger charge is -2.27. The molecule has 0 spiro atoms. The molecule has 1 fully saturated rings. The van der Waals surface area contributed by atoms with Crippen LogP contribution < -0.4 is 9.64 Å². The van der Waals surface area contributed by atoms with Gasteiger partial charge in [-0.05, 0) is 29.8 Å². The maximum absolute atomic E-state index is 12.5. The molecule has 2 aromatic carbocycles. The van der Waals surface area contributed by atoms with Crippen LogP contribution in [0, 0.1) is 5.92 Å². The molecule has 0 aromatic heterocycles. The van der Waals surface area contributed by atoms with E-state index in [1.807, 2.05) is 30.3 Å². The summed E-state index contributed by atoms with van der Waals surface area (Å²) in [6, 6.07) is 15.9. The topological polar surface area (TPSA) is 66.8 Å². The second kappa shape index (κ2) is 6.12. The molecule has 1 amide bonds. The lowest BCUT2D eigenvalue weighted by Crippen LogP contribution is -2.30. The second-order valence-electron chi connectivity index (χ2n) is 5.47. The molecule has 2 atom stereocenters. The molecule has 3 rings (SSSR count). The summed E-state index contributed by atoms with van der Waals surface area (Å²) < 4.78 is 5.13. The summed E-state index contributed by atoms with van der Waals surface area (Å²) in [6.45, 7) is 0. The van der Waals surface area contributed by atoms with Crippen molar-refractivity contribution in [2.45, 2.75) is 12.5 Å². The van der Waals surface area contributed by atoms with Crippen LogP contribution >= 0.6 is 0 Å². The number of ether oxygens (including phenoxy) is 1. The molecule has 1 aliphatic rings. The smallest absolute Gasteiger partial charge is 0.309 e. The number of hydrogen-bond acceptors (Lipinski definition) is 3. The summed E-state index contributed by atoms with van der Waals surface area (Å²) in [5, 5.41) is 9.51. The van der Waals surface area contributed by atoms with Crippen molar-refractivity contribution in [3.63, 3.8) is 0 Å². The molecule has 118 valence electrons. The minimum Gasteiger partial charge on any atom is -0.497 e. The molecule has 0 unspecified atom stereocenters. The van der Waals surface area contributed by atoms with Crippen molar-refractivity contribution in [3.05, 3.63) is 60.2 Å². The molecule has 1 heterocycles. The van der Waals surface area contributed by atoms with Gasteiger partial charge in [0, 0.05) is 12.1 Å². The molecule has 23 heavy (non-hydrogen) atoms. The van der Waals surface area contributed by atoms with Crippen LogP contribution in [0.25, 0.3) is 0 Å². The number of rotatable bonds is 4. The van der Waals surface area contributed by atoms with Gasteiger partial charge in [0.1, 0.15) is 5.75 Å². The molecule has 1 aliphatic heterocycles. The van der Waals surface area contributed by atoms with Crippen LogP contribution in [0.5, 0.6) is 5.75 Å². The monoisotopic (exact) mass is 311 g/mol. The summed E-state index contributed by atoms with van der Waals surface area (Å²) in [6.07, 6.45) is 0.000916. The summed E-state index contributed by atoms with van der Waals surface area (Å²) >= 11 is 0. The highest BCUT2D eigenvalue weighted by molar-refractivity contribution is 6.00. The van der Waals surface area contributed by atoms with Crippen LogP contribution in [-0.4, -0.2) is 24.1 Å². The Morgan fingerprint density at radius 3 is 2.35 bits per heavy atom. The van der Waals surface area contributed by atoms with E-state index in [0.29, 0.717) is 11.4 Å². The van der Waals surface area contributed by atoms with Crippen molar-refractivity contribution < 1.29 is 19.4 Å². The van der Waals surface area contributed by atoms with Gasteiger partial charge in [-0.15, -0.1) is 0 Å². The van der Waals surface area contributed by atoms with Gasteiger partial charge in [-0.2, -0.15) is 0 Å². The minimum absolute atomic E-state index is 0.000916. The summed E-state index contributed by atoms with van der Waals surface area (Å²) in [7, 11) is 1.57. The number of methoxy groups -OCH3 is 1. The van der Waals surface area contributed by atoms with E-state index < -0.39 is 17.9 Å². The molecule has 1 N–H and O–H groups in total. The number of hydrogen-bond donors (Lipinski definition) is 1. The normalized spacial score (nSPS) is 20.6. The number of nitrogens with zero attached hydrogens (tertiary/aromatic N) is 1. The first-order valence-corrected chi connectivity index (χ1v) is 7.35. The quantitative estimate of drug-likeness (QED) is 0.943. The molecule has 2 aromatic rings. The van der Waals surface area contributed by atoms with Gasteiger partial charge in [-0.1, -0.05) is 30.3 Å². The lowest BCUT2D eigenvalue weighted by molar-refractivity contribution is -0.142. The maximum atomic E-state index is 12.5. The first-order chi connectivity index (χ1) is 11.1. The van der Waals surface area contributed by atoms with E-state index in [0.717, 1.165) is 5.56 Å². The Labute approximate surface area is 134 Å². The van der Waals surface area contributed by atoms with Crippen LogP contribution in [0.15, 0.2) is 54.6 Å². The Hall–Kier alpha value is -2.82. The van der Waals surface area contributed by atoms with Crippen LogP contribution in [0.4, 0.5) is 5.69 Å². The van der Waals surface area contributed by atoms with Crippen molar-refractivity contribution in [2.24, 2.45) is 5.92 Å². The van der Waals surface area contributed by atoms with Crippen molar-refractivity contribution in [2.75, 3.05) is 12.0 Å². The maximum Gasteiger partial charge on any atom is 0.309 e. The molecule has 5 heteroatoms. The van der Waals surface area contributed by atoms with E-state index in [2.05, 4.69) is 0 Å². The molecule has 0 saturated carbocycles. The van der Waals surface area contributed by atoms with Gasteiger partial charge in [0.2, 0.25) is 5.91 Å². The number of carbonyl (C=O) groups excluding carboxylic acids is 1. The summed E-state index contributed by atoms with van der Waals surface area (Å²) in [4.78, 5) is 25.6. The molecule has 0 bridgehead atoms. The average molecular weight is 311 g/mol. The first kappa shape index (κ1) is 15.1. The Morgan fingerprint density at radius 1 is 1.13 bits per heavy atom. The molecule has 0 radical (unpaired) electrons. The van der Waals surface area contributed by atoms with E-state index in [1.54, 1.807) is 36.3 Å². The highest BCUT2D eigenvalue weighted by atomic mass is 16.5.